The Hall–Kier alpha value is -1.09. The molecule has 94 valence electrons. The average Bonchev–Trinajstić information content (AvgIpc) is 2.30. The van der Waals surface area contributed by atoms with E-state index in [0.29, 0.717) is 17.0 Å². The molecule has 1 unspecified atom stereocenters. The molecule has 1 N–H and O–H groups in total. The summed E-state index contributed by atoms with van der Waals surface area (Å²) in [5.74, 6) is -0.0173. The van der Waals surface area contributed by atoms with Crippen LogP contribution in [0.3, 0.4) is 0 Å². The summed E-state index contributed by atoms with van der Waals surface area (Å²) >= 11 is 5.58. The lowest BCUT2D eigenvalue weighted by Gasteiger charge is -2.13. The molecule has 0 heterocycles. The molecule has 0 aliphatic heterocycles. The van der Waals surface area contributed by atoms with Crippen LogP contribution in [-0.4, -0.2) is 17.8 Å². The minimum atomic E-state index is -0.355. The third-order valence-corrected chi connectivity index (χ3v) is 2.85. The SMILES string of the molecule is Cc1ccc(C(=O)NC(C)CCCCl)cc1F. The third kappa shape index (κ3) is 4.35. The van der Waals surface area contributed by atoms with Gasteiger partial charge >= 0.3 is 0 Å². The van der Waals surface area contributed by atoms with Crippen molar-refractivity contribution in [1.29, 1.82) is 0 Å². The Kier molecular flexibility index (Phi) is 5.42. The number of hydrogen-bond donors (Lipinski definition) is 1. The van der Waals surface area contributed by atoms with Crippen molar-refractivity contribution in [3.63, 3.8) is 0 Å². The summed E-state index contributed by atoms with van der Waals surface area (Å²) in [4.78, 5) is 11.8. The van der Waals surface area contributed by atoms with Crippen molar-refractivity contribution in [2.75, 3.05) is 5.88 Å². The molecule has 0 spiro atoms. The standard InChI is InChI=1S/C13H17ClFNO/c1-9-5-6-11(8-12(9)15)13(17)16-10(2)4-3-7-14/h5-6,8,10H,3-4,7H2,1-2H3,(H,16,17). The van der Waals surface area contributed by atoms with E-state index in [-0.39, 0.29) is 17.8 Å². The monoisotopic (exact) mass is 257 g/mol. The van der Waals surface area contributed by atoms with Gasteiger partial charge in [0.1, 0.15) is 5.82 Å². The van der Waals surface area contributed by atoms with Crippen LogP contribution < -0.4 is 5.32 Å². The third-order valence-electron chi connectivity index (χ3n) is 2.58. The Morgan fingerprint density at radius 3 is 2.82 bits per heavy atom. The average molecular weight is 258 g/mol. The van der Waals surface area contributed by atoms with Gasteiger partial charge in [-0.05, 0) is 44.4 Å². The first kappa shape index (κ1) is 14.0. The maximum absolute atomic E-state index is 13.3. The molecule has 1 rings (SSSR count). The molecule has 1 aromatic rings. The fourth-order valence-electron chi connectivity index (χ4n) is 1.50. The van der Waals surface area contributed by atoms with Gasteiger partial charge in [-0.15, -0.1) is 11.6 Å². The highest BCUT2D eigenvalue weighted by atomic mass is 35.5. The van der Waals surface area contributed by atoms with Gasteiger partial charge < -0.3 is 5.32 Å². The minimum Gasteiger partial charge on any atom is -0.350 e. The quantitative estimate of drug-likeness (QED) is 0.806. The molecule has 4 heteroatoms. The summed E-state index contributed by atoms with van der Waals surface area (Å²) < 4.78 is 13.3. The Morgan fingerprint density at radius 2 is 2.24 bits per heavy atom. The summed E-state index contributed by atoms with van der Waals surface area (Å²) in [6.45, 7) is 3.58. The van der Waals surface area contributed by atoms with Gasteiger partial charge in [0.05, 0.1) is 0 Å². The normalized spacial score (nSPS) is 12.2. The van der Waals surface area contributed by atoms with Crippen molar-refractivity contribution in [3.05, 3.63) is 35.1 Å². The van der Waals surface area contributed by atoms with Crippen LogP contribution in [-0.2, 0) is 0 Å². The van der Waals surface area contributed by atoms with Gasteiger partial charge in [-0.1, -0.05) is 6.07 Å². The van der Waals surface area contributed by atoms with Crippen LogP contribution in [0, 0.1) is 12.7 Å². The van der Waals surface area contributed by atoms with E-state index < -0.39 is 0 Å². The zero-order valence-electron chi connectivity index (χ0n) is 10.1. The van der Waals surface area contributed by atoms with Crippen molar-refractivity contribution >= 4 is 17.5 Å². The predicted octanol–water partition coefficient (Wildman–Crippen LogP) is 3.27. The molecular formula is C13H17ClFNO. The second-order valence-electron chi connectivity index (χ2n) is 4.17. The first-order valence-corrected chi connectivity index (χ1v) is 6.21. The molecule has 0 bridgehead atoms. The number of carbonyl (C=O) groups is 1. The van der Waals surface area contributed by atoms with Gasteiger partial charge in [0.25, 0.3) is 5.91 Å². The van der Waals surface area contributed by atoms with Gasteiger partial charge in [-0.25, -0.2) is 4.39 Å². The molecule has 17 heavy (non-hydrogen) atoms. The number of alkyl halides is 1. The van der Waals surface area contributed by atoms with Crippen LogP contribution in [0.25, 0.3) is 0 Å². The van der Waals surface area contributed by atoms with Gasteiger partial charge in [-0.3, -0.25) is 4.79 Å². The van der Waals surface area contributed by atoms with Crippen molar-refractivity contribution < 1.29 is 9.18 Å². The number of benzene rings is 1. The second kappa shape index (κ2) is 6.60. The molecule has 2 nitrogen and oxygen atoms in total. The van der Waals surface area contributed by atoms with Crippen LogP contribution in [0.15, 0.2) is 18.2 Å². The molecule has 0 aromatic heterocycles. The van der Waals surface area contributed by atoms with Gasteiger partial charge in [-0.2, -0.15) is 0 Å². The lowest BCUT2D eigenvalue weighted by Crippen LogP contribution is -2.32. The number of nitrogens with one attached hydrogen (secondary N) is 1. The molecule has 1 aromatic carbocycles. The van der Waals surface area contributed by atoms with Crippen LogP contribution >= 0.6 is 11.6 Å². The van der Waals surface area contributed by atoms with E-state index in [4.69, 9.17) is 11.6 Å². The zero-order chi connectivity index (χ0) is 12.8. The van der Waals surface area contributed by atoms with E-state index in [1.807, 2.05) is 6.92 Å². The van der Waals surface area contributed by atoms with Gasteiger partial charge in [0.2, 0.25) is 0 Å². The lowest BCUT2D eigenvalue weighted by molar-refractivity contribution is 0.0938. The summed E-state index contributed by atoms with van der Waals surface area (Å²) in [6.07, 6.45) is 1.68. The van der Waals surface area contributed by atoms with E-state index >= 15 is 0 Å². The topological polar surface area (TPSA) is 29.1 Å². The Morgan fingerprint density at radius 1 is 1.53 bits per heavy atom. The largest absolute Gasteiger partial charge is 0.350 e. The lowest BCUT2D eigenvalue weighted by atomic mass is 10.1. The number of aryl methyl sites for hydroxylation is 1. The smallest absolute Gasteiger partial charge is 0.251 e. The summed E-state index contributed by atoms with van der Waals surface area (Å²) in [5.41, 5.74) is 0.891. The highest BCUT2D eigenvalue weighted by molar-refractivity contribution is 6.17. The molecule has 0 radical (unpaired) electrons. The summed E-state index contributed by atoms with van der Waals surface area (Å²) in [6, 6.07) is 4.54. The van der Waals surface area contributed by atoms with E-state index in [1.165, 1.54) is 6.07 Å². The van der Waals surface area contributed by atoms with Crippen LogP contribution in [0.4, 0.5) is 4.39 Å². The molecule has 0 fully saturated rings. The van der Waals surface area contributed by atoms with Crippen molar-refractivity contribution in [3.8, 4) is 0 Å². The molecule has 0 aliphatic carbocycles. The molecule has 0 aliphatic rings. The minimum absolute atomic E-state index is 0.0469. The van der Waals surface area contributed by atoms with E-state index in [0.717, 1.165) is 12.8 Å². The number of carbonyl (C=O) groups excluding carboxylic acids is 1. The van der Waals surface area contributed by atoms with Gasteiger partial charge in [0.15, 0.2) is 0 Å². The number of halogens is 2. The van der Waals surface area contributed by atoms with E-state index in [2.05, 4.69) is 5.32 Å². The second-order valence-corrected chi connectivity index (χ2v) is 4.55. The first-order valence-electron chi connectivity index (χ1n) is 5.67. The van der Waals surface area contributed by atoms with Crippen molar-refractivity contribution in [2.24, 2.45) is 0 Å². The highest BCUT2D eigenvalue weighted by Gasteiger charge is 2.10. The van der Waals surface area contributed by atoms with E-state index in [9.17, 15) is 9.18 Å². The summed E-state index contributed by atoms with van der Waals surface area (Å²) in [7, 11) is 0. The number of rotatable bonds is 5. The predicted molar refractivity (Wildman–Crippen MR) is 68.0 cm³/mol. The van der Waals surface area contributed by atoms with Crippen molar-refractivity contribution in [1.82, 2.24) is 5.32 Å². The molecular weight excluding hydrogens is 241 g/mol. The summed E-state index contributed by atoms with van der Waals surface area (Å²) in [5, 5.41) is 2.81. The zero-order valence-corrected chi connectivity index (χ0v) is 10.9. The Labute approximate surface area is 106 Å². The molecule has 0 saturated carbocycles. The molecule has 1 atom stereocenters. The first-order chi connectivity index (χ1) is 8.04. The van der Waals surface area contributed by atoms with Gasteiger partial charge in [0, 0.05) is 17.5 Å². The van der Waals surface area contributed by atoms with Crippen LogP contribution in [0.2, 0.25) is 0 Å². The van der Waals surface area contributed by atoms with Crippen LogP contribution in [0.1, 0.15) is 35.7 Å². The maximum atomic E-state index is 13.3. The highest BCUT2D eigenvalue weighted by Crippen LogP contribution is 2.09. The number of hydrogen-bond acceptors (Lipinski definition) is 1. The fourth-order valence-corrected chi connectivity index (χ4v) is 1.65. The van der Waals surface area contributed by atoms with Crippen molar-refractivity contribution in [2.45, 2.75) is 32.7 Å². The fraction of sp³-hybridized carbons (Fsp3) is 0.462. The molecule has 1 amide bonds. The maximum Gasteiger partial charge on any atom is 0.251 e. The molecule has 0 saturated heterocycles. The Balaban J connectivity index is 2.60. The van der Waals surface area contributed by atoms with Crippen LogP contribution in [0.5, 0.6) is 0 Å². The van der Waals surface area contributed by atoms with E-state index in [1.54, 1.807) is 19.1 Å². The Bertz CT molecular complexity index is 395. The number of amides is 1.